The van der Waals surface area contributed by atoms with Gasteiger partial charge in [0.1, 0.15) is 0 Å². The summed E-state index contributed by atoms with van der Waals surface area (Å²) in [4.78, 5) is 0. The van der Waals surface area contributed by atoms with Gasteiger partial charge in [0.2, 0.25) is 0 Å². The van der Waals surface area contributed by atoms with Gasteiger partial charge in [-0.25, -0.2) is 5.32 Å². The monoisotopic (exact) mass is 256 g/mol. The largest absolute Gasteiger partial charge is 0.248 e. The minimum absolute atomic E-state index is 1.07. The summed E-state index contributed by atoms with van der Waals surface area (Å²) in [5.41, 5.74) is 8.41. The Hall–Kier alpha value is -2.54. The first-order valence-corrected chi connectivity index (χ1v) is 6.83. The molecule has 1 aliphatic heterocycles. The first-order valence-electron chi connectivity index (χ1n) is 6.83. The highest BCUT2D eigenvalue weighted by Crippen LogP contribution is 2.44. The van der Waals surface area contributed by atoms with Crippen molar-refractivity contribution in [2.24, 2.45) is 0 Å². The highest BCUT2D eigenvalue weighted by Gasteiger charge is 2.19. The van der Waals surface area contributed by atoms with E-state index in [9.17, 15) is 0 Å². The van der Waals surface area contributed by atoms with Gasteiger partial charge in [0, 0.05) is 11.1 Å². The molecule has 0 aromatic heterocycles. The Kier molecular flexibility index (Phi) is 2.40. The SMILES string of the molecule is Cc1cccc(-c2ccc3c(c2)-c2ccccc2[N]3)c1. The number of hydrogen-bond donors (Lipinski definition) is 0. The van der Waals surface area contributed by atoms with Gasteiger partial charge in [0.05, 0.1) is 11.4 Å². The molecule has 4 rings (SSSR count). The fourth-order valence-corrected chi connectivity index (χ4v) is 2.78. The lowest BCUT2D eigenvalue weighted by atomic mass is 9.98. The Balaban J connectivity index is 1.88. The van der Waals surface area contributed by atoms with Gasteiger partial charge in [-0.15, -0.1) is 0 Å². The number of hydrogen-bond acceptors (Lipinski definition) is 0. The molecular formula is C19H14N. The van der Waals surface area contributed by atoms with Crippen molar-refractivity contribution in [3.05, 3.63) is 72.3 Å². The summed E-state index contributed by atoms with van der Waals surface area (Å²) in [5, 5.41) is 4.67. The second-order valence-corrected chi connectivity index (χ2v) is 5.23. The van der Waals surface area contributed by atoms with Crippen LogP contribution < -0.4 is 5.32 Å². The molecule has 3 aromatic carbocycles. The van der Waals surface area contributed by atoms with Crippen LogP contribution in [0, 0.1) is 6.92 Å². The molecule has 0 saturated carbocycles. The van der Waals surface area contributed by atoms with Crippen molar-refractivity contribution >= 4 is 11.4 Å². The molecule has 0 saturated heterocycles. The maximum Gasteiger partial charge on any atom is 0.0716 e. The molecule has 0 amide bonds. The van der Waals surface area contributed by atoms with Crippen molar-refractivity contribution in [1.29, 1.82) is 0 Å². The molecule has 1 aliphatic rings. The van der Waals surface area contributed by atoms with E-state index in [2.05, 4.69) is 72.9 Å². The molecule has 0 N–H and O–H groups in total. The zero-order valence-electron chi connectivity index (χ0n) is 11.3. The van der Waals surface area contributed by atoms with E-state index in [1.165, 1.54) is 27.8 Å². The van der Waals surface area contributed by atoms with E-state index in [4.69, 9.17) is 0 Å². The number of benzene rings is 3. The van der Waals surface area contributed by atoms with E-state index in [0.29, 0.717) is 0 Å². The molecule has 0 fully saturated rings. The van der Waals surface area contributed by atoms with E-state index in [-0.39, 0.29) is 0 Å². The first kappa shape index (κ1) is 11.3. The van der Waals surface area contributed by atoms with Crippen LogP contribution in [0.15, 0.2) is 66.7 Å². The maximum absolute atomic E-state index is 4.67. The second kappa shape index (κ2) is 4.24. The zero-order valence-corrected chi connectivity index (χ0v) is 11.3. The Morgan fingerprint density at radius 3 is 2.35 bits per heavy atom. The summed E-state index contributed by atoms with van der Waals surface area (Å²) in [6.45, 7) is 2.13. The van der Waals surface area contributed by atoms with E-state index in [1.807, 2.05) is 6.07 Å². The highest BCUT2D eigenvalue weighted by molar-refractivity contribution is 5.92. The number of para-hydroxylation sites is 1. The number of fused-ring (bicyclic) bond motifs is 3. The summed E-state index contributed by atoms with van der Waals surface area (Å²) in [7, 11) is 0. The van der Waals surface area contributed by atoms with E-state index in [1.54, 1.807) is 0 Å². The van der Waals surface area contributed by atoms with E-state index in [0.717, 1.165) is 11.4 Å². The smallest absolute Gasteiger partial charge is 0.0716 e. The van der Waals surface area contributed by atoms with Gasteiger partial charge in [-0.1, -0.05) is 54.1 Å². The minimum Gasteiger partial charge on any atom is -0.248 e. The average molecular weight is 256 g/mol. The van der Waals surface area contributed by atoms with Gasteiger partial charge < -0.3 is 0 Å². The van der Waals surface area contributed by atoms with Crippen LogP contribution >= 0.6 is 0 Å². The zero-order chi connectivity index (χ0) is 13.5. The minimum atomic E-state index is 1.07. The predicted octanol–water partition coefficient (Wildman–Crippen LogP) is 5.21. The van der Waals surface area contributed by atoms with E-state index >= 15 is 0 Å². The van der Waals surface area contributed by atoms with Crippen LogP contribution in [0.25, 0.3) is 22.3 Å². The predicted molar refractivity (Wildman–Crippen MR) is 83.5 cm³/mol. The van der Waals surface area contributed by atoms with Crippen LogP contribution in [0.3, 0.4) is 0 Å². The van der Waals surface area contributed by atoms with Crippen molar-refractivity contribution < 1.29 is 0 Å². The van der Waals surface area contributed by atoms with Crippen molar-refractivity contribution in [2.75, 3.05) is 0 Å². The van der Waals surface area contributed by atoms with Crippen LogP contribution in [0.5, 0.6) is 0 Å². The Bertz CT molecular complexity index is 802. The molecule has 0 aliphatic carbocycles. The van der Waals surface area contributed by atoms with Crippen molar-refractivity contribution in [3.63, 3.8) is 0 Å². The molecule has 1 heteroatoms. The third kappa shape index (κ3) is 1.71. The summed E-state index contributed by atoms with van der Waals surface area (Å²) in [5.74, 6) is 0. The summed E-state index contributed by atoms with van der Waals surface area (Å²) in [6.07, 6.45) is 0. The molecule has 1 heterocycles. The molecule has 0 spiro atoms. The number of aryl methyl sites for hydroxylation is 1. The Morgan fingerprint density at radius 2 is 1.45 bits per heavy atom. The number of rotatable bonds is 1. The maximum atomic E-state index is 4.67. The first-order chi connectivity index (χ1) is 9.81. The molecule has 95 valence electrons. The van der Waals surface area contributed by atoms with Crippen LogP contribution in [0.2, 0.25) is 0 Å². The summed E-state index contributed by atoms with van der Waals surface area (Å²) >= 11 is 0. The van der Waals surface area contributed by atoms with Crippen LogP contribution in [0.1, 0.15) is 5.56 Å². The Morgan fingerprint density at radius 1 is 0.650 bits per heavy atom. The molecule has 0 atom stereocenters. The lowest BCUT2D eigenvalue weighted by molar-refractivity contribution is 1.24. The molecular weight excluding hydrogens is 242 g/mol. The van der Waals surface area contributed by atoms with Crippen LogP contribution in [-0.2, 0) is 0 Å². The fraction of sp³-hybridized carbons (Fsp3) is 0.0526. The van der Waals surface area contributed by atoms with Gasteiger partial charge in [0.25, 0.3) is 0 Å². The molecule has 0 bridgehead atoms. The standard InChI is InChI=1S/C19H14N/c1-13-5-4-6-14(11-13)15-9-10-19-17(12-15)16-7-2-3-8-18(16)20-19/h2-12H,1H3. The van der Waals surface area contributed by atoms with Gasteiger partial charge in [-0.3, -0.25) is 0 Å². The highest BCUT2D eigenvalue weighted by atomic mass is 14.9. The van der Waals surface area contributed by atoms with E-state index < -0.39 is 0 Å². The second-order valence-electron chi connectivity index (χ2n) is 5.23. The molecule has 20 heavy (non-hydrogen) atoms. The normalized spacial score (nSPS) is 11.7. The van der Waals surface area contributed by atoms with Gasteiger partial charge in [-0.2, -0.15) is 0 Å². The van der Waals surface area contributed by atoms with Gasteiger partial charge >= 0.3 is 0 Å². The topological polar surface area (TPSA) is 14.1 Å². The van der Waals surface area contributed by atoms with Crippen molar-refractivity contribution in [3.8, 4) is 22.3 Å². The lowest BCUT2D eigenvalue weighted by Gasteiger charge is -2.06. The van der Waals surface area contributed by atoms with Crippen molar-refractivity contribution in [1.82, 2.24) is 5.32 Å². The molecule has 1 nitrogen and oxygen atoms in total. The van der Waals surface area contributed by atoms with Crippen LogP contribution in [0.4, 0.5) is 11.4 Å². The summed E-state index contributed by atoms with van der Waals surface area (Å²) in [6, 6.07) is 23.5. The molecule has 1 radical (unpaired) electrons. The van der Waals surface area contributed by atoms with Gasteiger partial charge in [-0.05, 0) is 36.2 Å². The third-order valence-electron chi connectivity index (χ3n) is 3.78. The lowest BCUT2D eigenvalue weighted by Crippen LogP contribution is -1.83. The van der Waals surface area contributed by atoms with Crippen molar-refractivity contribution in [2.45, 2.75) is 6.92 Å². The molecule has 0 unspecified atom stereocenters. The molecule has 3 aromatic rings. The van der Waals surface area contributed by atoms with Gasteiger partial charge in [0.15, 0.2) is 0 Å². The quantitative estimate of drug-likeness (QED) is 0.444. The number of nitrogens with zero attached hydrogens (tertiary/aromatic N) is 1. The van der Waals surface area contributed by atoms with Crippen LogP contribution in [-0.4, -0.2) is 0 Å². The summed E-state index contributed by atoms with van der Waals surface area (Å²) < 4.78 is 0. The third-order valence-corrected chi connectivity index (χ3v) is 3.78. The Labute approximate surface area is 118 Å². The fourth-order valence-electron chi connectivity index (χ4n) is 2.78. The average Bonchev–Trinajstić information content (AvgIpc) is 2.85.